The Morgan fingerprint density at radius 3 is 2.40 bits per heavy atom. The summed E-state index contributed by atoms with van der Waals surface area (Å²) in [5.74, 6) is -0.411. The monoisotopic (exact) mass is 372 g/mol. The van der Waals surface area contributed by atoms with Crippen molar-refractivity contribution in [1.82, 2.24) is 9.21 Å². The zero-order chi connectivity index (χ0) is 18.4. The molecule has 2 rings (SSSR count). The lowest BCUT2D eigenvalue weighted by Crippen LogP contribution is -2.48. The molecule has 1 N–H and O–H groups in total. The van der Waals surface area contributed by atoms with Crippen LogP contribution in [0.2, 0.25) is 0 Å². The third-order valence-electron chi connectivity index (χ3n) is 4.08. The highest BCUT2D eigenvalue weighted by Gasteiger charge is 2.32. The van der Waals surface area contributed by atoms with Crippen molar-refractivity contribution in [3.63, 3.8) is 0 Å². The molecule has 0 unspecified atom stereocenters. The van der Waals surface area contributed by atoms with Crippen LogP contribution in [-0.2, 0) is 14.8 Å². The first-order chi connectivity index (χ1) is 11.9. The number of H-pyrrole nitrogens is 1. The van der Waals surface area contributed by atoms with Crippen LogP contribution in [-0.4, -0.2) is 69.5 Å². The Bertz CT molecular complexity index is 700. The number of carbonyl (C=O) groups excluding carboxylic acids is 1. The normalized spacial score (nSPS) is 16.6. The first-order valence-electron chi connectivity index (χ1n) is 8.52. The van der Waals surface area contributed by atoms with Gasteiger partial charge in [0.1, 0.15) is 4.90 Å². The van der Waals surface area contributed by atoms with E-state index in [-0.39, 0.29) is 22.9 Å². The Labute approximate surface area is 148 Å². The Hall–Kier alpha value is -1.71. The minimum absolute atomic E-state index is 0.0314. The van der Waals surface area contributed by atoms with E-state index in [1.54, 1.807) is 13.8 Å². The zero-order valence-electron chi connectivity index (χ0n) is 14.9. The summed E-state index contributed by atoms with van der Waals surface area (Å²) in [5.41, 5.74) is 0.0805. The molecule has 0 radical (unpaired) electrons. The summed E-state index contributed by atoms with van der Waals surface area (Å²) in [5, 5.41) is 0. The number of nitrogens with zero attached hydrogens (tertiary/aromatic N) is 2. The molecule has 1 aliphatic heterocycles. The molecule has 25 heavy (non-hydrogen) atoms. The van der Waals surface area contributed by atoms with E-state index in [2.05, 4.69) is 16.8 Å². The second-order valence-electron chi connectivity index (χ2n) is 5.57. The van der Waals surface area contributed by atoms with E-state index in [4.69, 9.17) is 9.47 Å². The SMILES string of the molecule is CCOC(=O)c1cc(S(=O)(=O)N2CCN(CC)CC2)c[nH+]c1OCC. The summed E-state index contributed by atoms with van der Waals surface area (Å²) < 4.78 is 37.6. The maximum Gasteiger partial charge on any atom is 0.381 e. The smallest absolute Gasteiger partial charge is 0.381 e. The molecule has 8 nitrogen and oxygen atoms in total. The van der Waals surface area contributed by atoms with Gasteiger partial charge in [0.15, 0.2) is 11.8 Å². The van der Waals surface area contributed by atoms with Gasteiger partial charge < -0.3 is 14.4 Å². The van der Waals surface area contributed by atoms with E-state index in [1.807, 2.05) is 0 Å². The minimum Gasteiger partial charge on any atom is -0.462 e. The van der Waals surface area contributed by atoms with E-state index in [0.29, 0.717) is 32.8 Å². The highest BCUT2D eigenvalue weighted by molar-refractivity contribution is 7.89. The molecular formula is C16H26N3O5S+. The van der Waals surface area contributed by atoms with Gasteiger partial charge in [0, 0.05) is 26.2 Å². The summed E-state index contributed by atoms with van der Waals surface area (Å²) in [4.78, 5) is 17.1. The topological polar surface area (TPSA) is 90.3 Å². The van der Waals surface area contributed by atoms with Crippen molar-refractivity contribution >= 4 is 16.0 Å². The van der Waals surface area contributed by atoms with Crippen LogP contribution in [0.25, 0.3) is 0 Å². The summed E-state index contributed by atoms with van der Waals surface area (Å²) in [7, 11) is -3.68. The summed E-state index contributed by atoms with van der Waals surface area (Å²) in [6.45, 7) is 9.21. The molecule has 1 aromatic rings. The largest absolute Gasteiger partial charge is 0.462 e. The molecule has 1 aromatic heterocycles. The van der Waals surface area contributed by atoms with Crippen LogP contribution in [0.1, 0.15) is 31.1 Å². The second kappa shape index (κ2) is 8.59. The van der Waals surface area contributed by atoms with Gasteiger partial charge in [0.2, 0.25) is 10.0 Å². The fourth-order valence-electron chi connectivity index (χ4n) is 2.67. The Morgan fingerprint density at radius 2 is 1.84 bits per heavy atom. The van der Waals surface area contributed by atoms with Crippen LogP contribution < -0.4 is 9.72 Å². The number of esters is 1. The fraction of sp³-hybridized carbons (Fsp3) is 0.625. The molecule has 0 bridgehead atoms. The molecule has 140 valence electrons. The van der Waals surface area contributed by atoms with Crippen molar-refractivity contribution in [3.05, 3.63) is 17.8 Å². The van der Waals surface area contributed by atoms with E-state index < -0.39 is 16.0 Å². The molecule has 2 heterocycles. The molecular weight excluding hydrogens is 346 g/mol. The molecule has 1 aliphatic rings. The Kier molecular flexibility index (Phi) is 6.74. The van der Waals surface area contributed by atoms with Gasteiger partial charge in [-0.15, -0.1) is 0 Å². The van der Waals surface area contributed by atoms with Crippen molar-refractivity contribution < 1.29 is 27.7 Å². The highest BCUT2D eigenvalue weighted by Crippen LogP contribution is 2.21. The van der Waals surface area contributed by atoms with Gasteiger partial charge in [-0.3, -0.25) is 0 Å². The number of ether oxygens (including phenoxy) is 2. The van der Waals surface area contributed by atoms with Crippen LogP contribution in [0.15, 0.2) is 17.2 Å². The van der Waals surface area contributed by atoms with Crippen molar-refractivity contribution in [1.29, 1.82) is 0 Å². The van der Waals surface area contributed by atoms with Crippen molar-refractivity contribution in [2.45, 2.75) is 25.7 Å². The third kappa shape index (κ3) is 4.47. The van der Waals surface area contributed by atoms with Gasteiger partial charge in [0.25, 0.3) is 0 Å². The lowest BCUT2D eigenvalue weighted by molar-refractivity contribution is -0.397. The van der Waals surface area contributed by atoms with Crippen molar-refractivity contribution in [2.24, 2.45) is 0 Å². The predicted octanol–water partition coefficient (Wildman–Crippen LogP) is 0.402. The average molecular weight is 372 g/mol. The van der Waals surface area contributed by atoms with Crippen LogP contribution in [0.4, 0.5) is 0 Å². The van der Waals surface area contributed by atoms with E-state index in [1.165, 1.54) is 16.6 Å². The van der Waals surface area contributed by atoms with Crippen molar-refractivity contribution in [2.75, 3.05) is 45.9 Å². The predicted molar refractivity (Wildman–Crippen MR) is 91.0 cm³/mol. The van der Waals surface area contributed by atoms with Crippen molar-refractivity contribution in [3.8, 4) is 5.88 Å². The number of hydrogen-bond donors (Lipinski definition) is 0. The first kappa shape index (κ1) is 19.6. The number of pyridine rings is 1. The van der Waals surface area contributed by atoms with Crippen LogP contribution in [0.3, 0.4) is 0 Å². The minimum atomic E-state index is -3.68. The Balaban J connectivity index is 2.31. The number of aromatic amines is 1. The lowest BCUT2D eigenvalue weighted by atomic mass is 10.3. The number of rotatable bonds is 7. The molecule has 0 amide bonds. The van der Waals surface area contributed by atoms with Crippen LogP contribution >= 0.6 is 0 Å². The number of hydrogen-bond acceptors (Lipinski definition) is 6. The van der Waals surface area contributed by atoms with Gasteiger partial charge in [-0.05, 0) is 26.5 Å². The van der Waals surface area contributed by atoms with Gasteiger partial charge >= 0.3 is 11.8 Å². The number of piperazine rings is 1. The molecule has 9 heteroatoms. The number of carbonyl (C=O) groups is 1. The van der Waals surface area contributed by atoms with Crippen LogP contribution in [0.5, 0.6) is 5.88 Å². The average Bonchev–Trinajstić information content (AvgIpc) is 2.62. The zero-order valence-corrected chi connectivity index (χ0v) is 15.8. The maximum absolute atomic E-state index is 12.9. The van der Waals surface area contributed by atoms with Gasteiger partial charge in [0.05, 0.1) is 13.2 Å². The Morgan fingerprint density at radius 1 is 1.16 bits per heavy atom. The molecule has 0 saturated carbocycles. The lowest BCUT2D eigenvalue weighted by Gasteiger charge is -2.32. The number of aromatic nitrogens is 1. The molecule has 0 aromatic carbocycles. The quantitative estimate of drug-likeness (QED) is 0.644. The molecule has 1 fully saturated rings. The van der Waals surface area contributed by atoms with E-state index in [0.717, 1.165) is 6.54 Å². The molecule has 0 aliphatic carbocycles. The number of sulfonamides is 1. The van der Waals surface area contributed by atoms with Crippen LogP contribution in [0, 0.1) is 0 Å². The number of likely N-dealkylation sites (N-methyl/N-ethyl adjacent to an activating group) is 1. The maximum atomic E-state index is 12.9. The summed E-state index contributed by atoms with van der Waals surface area (Å²) >= 11 is 0. The highest BCUT2D eigenvalue weighted by atomic mass is 32.2. The van der Waals surface area contributed by atoms with Gasteiger partial charge in [-0.25, -0.2) is 13.2 Å². The van der Waals surface area contributed by atoms with E-state index >= 15 is 0 Å². The molecule has 1 saturated heterocycles. The summed E-state index contributed by atoms with van der Waals surface area (Å²) in [6, 6.07) is 1.32. The fourth-order valence-corrected chi connectivity index (χ4v) is 4.09. The van der Waals surface area contributed by atoms with Gasteiger partial charge in [-0.1, -0.05) is 6.92 Å². The molecule has 0 spiro atoms. The van der Waals surface area contributed by atoms with E-state index in [9.17, 15) is 13.2 Å². The number of nitrogens with one attached hydrogen (secondary N) is 1. The third-order valence-corrected chi connectivity index (χ3v) is 5.95. The second-order valence-corrected chi connectivity index (χ2v) is 7.51. The standard InChI is InChI=1S/C16H25N3O5S/c1-4-18-7-9-19(10-8-18)25(21,22)13-11-14(16(20)24-6-3)15(17-12-13)23-5-2/h11-12H,4-10H2,1-3H3/p+1. The summed E-state index contributed by atoms with van der Waals surface area (Å²) in [6.07, 6.45) is 1.36. The van der Waals surface area contributed by atoms with Gasteiger partial charge in [-0.2, -0.15) is 9.29 Å². The molecule has 0 atom stereocenters. The first-order valence-corrected chi connectivity index (χ1v) is 9.96.